The third-order valence-electron chi connectivity index (χ3n) is 3.01. The van der Waals surface area contributed by atoms with Crippen molar-refractivity contribution in [2.75, 3.05) is 6.54 Å². The summed E-state index contributed by atoms with van der Waals surface area (Å²) in [5, 5.41) is 18.2. The van der Waals surface area contributed by atoms with Crippen LogP contribution < -0.4 is 0 Å². The van der Waals surface area contributed by atoms with E-state index < -0.39 is 5.97 Å². The smallest absolute Gasteiger partial charge is 0.323 e. The highest BCUT2D eigenvalue weighted by molar-refractivity contribution is 5.83. The number of benzene rings is 1. The number of carbonyl (C=O) groups is 2. The normalized spacial score (nSPS) is 11.9. The minimum Gasteiger partial charge on any atom is -0.508 e. The Balaban J connectivity index is 2.79. The Morgan fingerprint density at radius 1 is 1.37 bits per heavy atom. The minimum absolute atomic E-state index is 0.0893. The molecule has 0 saturated carbocycles. The van der Waals surface area contributed by atoms with Gasteiger partial charge in [-0.3, -0.25) is 9.59 Å². The number of aliphatic carboxylic acids is 1. The summed E-state index contributed by atoms with van der Waals surface area (Å²) < 4.78 is 0. The molecule has 0 radical (unpaired) electrons. The maximum Gasteiger partial charge on any atom is 0.323 e. The quantitative estimate of drug-likeness (QED) is 0.819. The van der Waals surface area contributed by atoms with E-state index in [0.717, 1.165) is 0 Å². The highest BCUT2D eigenvalue weighted by Gasteiger charge is 2.21. The SMILES string of the molecule is CCC(C)N(CC(=O)O)C(=O)Cc1cccc(O)c1. The fourth-order valence-corrected chi connectivity index (χ4v) is 1.80. The maximum atomic E-state index is 12.1. The van der Waals surface area contributed by atoms with E-state index in [4.69, 9.17) is 5.11 Å². The van der Waals surface area contributed by atoms with Crippen LogP contribution in [0, 0.1) is 0 Å². The standard InChI is InChI=1S/C14H19NO4/c1-3-10(2)15(9-14(18)19)13(17)8-11-5-4-6-12(16)7-11/h4-7,10,16H,3,8-9H2,1-2H3,(H,18,19). The number of rotatable bonds is 6. The van der Waals surface area contributed by atoms with Gasteiger partial charge in [-0.2, -0.15) is 0 Å². The zero-order valence-corrected chi connectivity index (χ0v) is 11.2. The summed E-state index contributed by atoms with van der Waals surface area (Å²) in [5.41, 5.74) is 0.670. The fourth-order valence-electron chi connectivity index (χ4n) is 1.80. The molecule has 0 aliphatic rings. The molecule has 0 bridgehead atoms. The summed E-state index contributed by atoms with van der Waals surface area (Å²) in [6.07, 6.45) is 0.783. The highest BCUT2D eigenvalue weighted by atomic mass is 16.4. The zero-order valence-electron chi connectivity index (χ0n) is 11.2. The predicted octanol–water partition coefficient (Wildman–Crippen LogP) is 1.65. The van der Waals surface area contributed by atoms with Gasteiger partial charge in [0.05, 0.1) is 6.42 Å². The van der Waals surface area contributed by atoms with Crippen LogP contribution in [0.4, 0.5) is 0 Å². The molecule has 1 amide bonds. The second-order valence-corrected chi connectivity index (χ2v) is 4.52. The maximum absolute atomic E-state index is 12.1. The number of amides is 1. The molecule has 2 N–H and O–H groups in total. The van der Waals surface area contributed by atoms with Crippen molar-refractivity contribution in [1.29, 1.82) is 0 Å². The van der Waals surface area contributed by atoms with E-state index in [9.17, 15) is 14.7 Å². The number of phenols is 1. The number of carbonyl (C=O) groups excluding carboxylic acids is 1. The number of carboxylic acids is 1. The van der Waals surface area contributed by atoms with Crippen molar-refractivity contribution in [1.82, 2.24) is 4.90 Å². The van der Waals surface area contributed by atoms with E-state index >= 15 is 0 Å². The minimum atomic E-state index is -1.02. The van der Waals surface area contributed by atoms with Gasteiger partial charge >= 0.3 is 5.97 Å². The largest absolute Gasteiger partial charge is 0.508 e. The Morgan fingerprint density at radius 2 is 2.05 bits per heavy atom. The summed E-state index contributed by atoms with van der Waals surface area (Å²) in [5.74, 6) is -1.18. The fraction of sp³-hybridized carbons (Fsp3) is 0.429. The third kappa shape index (κ3) is 4.62. The third-order valence-corrected chi connectivity index (χ3v) is 3.01. The first-order valence-electron chi connectivity index (χ1n) is 6.23. The van der Waals surface area contributed by atoms with E-state index in [1.54, 1.807) is 12.1 Å². The lowest BCUT2D eigenvalue weighted by atomic mass is 10.1. The molecule has 5 nitrogen and oxygen atoms in total. The number of aromatic hydroxyl groups is 1. The van der Waals surface area contributed by atoms with Crippen LogP contribution in [0.15, 0.2) is 24.3 Å². The van der Waals surface area contributed by atoms with Gasteiger partial charge in [0.1, 0.15) is 12.3 Å². The first-order chi connectivity index (χ1) is 8.93. The van der Waals surface area contributed by atoms with E-state index in [0.29, 0.717) is 12.0 Å². The monoisotopic (exact) mass is 265 g/mol. The average Bonchev–Trinajstić information content (AvgIpc) is 2.34. The Morgan fingerprint density at radius 3 is 2.58 bits per heavy atom. The predicted molar refractivity (Wildman–Crippen MR) is 70.9 cm³/mol. The lowest BCUT2D eigenvalue weighted by Crippen LogP contribution is -2.42. The topological polar surface area (TPSA) is 77.8 Å². The Bertz CT molecular complexity index is 459. The number of nitrogens with zero attached hydrogens (tertiary/aromatic N) is 1. The average molecular weight is 265 g/mol. The van der Waals surface area contributed by atoms with Gasteiger partial charge in [-0.05, 0) is 31.0 Å². The molecule has 0 fully saturated rings. The van der Waals surface area contributed by atoms with Crippen molar-refractivity contribution >= 4 is 11.9 Å². The van der Waals surface area contributed by atoms with E-state index in [2.05, 4.69) is 0 Å². The molecule has 5 heteroatoms. The number of phenolic OH excluding ortho intramolecular Hbond substituents is 1. The van der Waals surface area contributed by atoms with Gasteiger partial charge in [-0.1, -0.05) is 19.1 Å². The molecule has 0 saturated heterocycles. The summed E-state index contributed by atoms with van der Waals surface area (Å²) in [6.45, 7) is 3.43. The number of hydrogen-bond acceptors (Lipinski definition) is 3. The summed E-state index contributed by atoms with van der Waals surface area (Å²) in [7, 11) is 0. The molecule has 0 spiro atoms. The molecular weight excluding hydrogens is 246 g/mol. The van der Waals surface area contributed by atoms with Crippen LogP contribution in [-0.4, -0.2) is 39.6 Å². The second kappa shape index (κ2) is 6.78. The molecule has 1 atom stereocenters. The van der Waals surface area contributed by atoms with Crippen molar-refractivity contribution in [3.63, 3.8) is 0 Å². The molecule has 1 rings (SSSR count). The molecule has 1 unspecified atom stereocenters. The lowest BCUT2D eigenvalue weighted by Gasteiger charge is -2.27. The number of hydrogen-bond donors (Lipinski definition) is 2. The van der Waals surface area contributed by atoms with Crippen molar-refractivity contribution < 1.29 is 19.8 Å². The van der Waals surface area contributed by atoms with Crippen molar-refractivity contribution in [2.45, 2.75) is 32.7 Å². The second-order valence-electron chi connectivity index (χ2n) is 4.52. The van der Waals surface area contributed by atoms with Gasteiger partial charge in [-0.15, -0.1) is 0 Å². The van der Waals surface area contributed by atoms with Crippen molar-refractivity contribution in [3.8, 4) is 5.75 Å². The van der Waals surface area contributed by atoms with Crippen LogP contribution in [0.25, 0.3) is 0 Å². The molecular formula is C14H19NO4. The van der Waals surface area contributed by atoms with Gasteiger partial charge in [-0.25, -0.2) is 0 Å². The lowest BCUT2D eigenvalue weighted by molar-refractivity contribution is -0.145. The summed E-state index contributed by atoms with van der Waals surface area (Å²) in [6, 6.07) is 6.29. The van der Waals surface area contributed by atoms with Crippen LogP contribution >= 0.6 is 0 Å². The highest BCUT2D eigenvalue weighted by Crippen LogP contribution is 2.13. The molecule has 1 aromatic rings. The zero-order chi connectivity index (χ0) is 14.4. The van der Waals surface area contributed by atoms with Gasteiger partial charge in [0.15, 0.2) is 0 Å². The van der Waals surface area contributed by atoms with Crippen LogP contribution in [0.5, 0.6) is 5.75 Å². The van der Waals surface area contributed by atoms with Crippen LogP contribution in [0.1, 0.15) is 25.8 Å². The van der Waals surface area contributed by atoms with Crippen LogP contribution in [0.2, 0.25) is 0 Å². The summed E-state index contributed by atoms with van der Waals surface area (Å²) >= 11 is 0. The van der Waals surface area contributed by atoms with Crippen molar-refractivity contribution in [3.05, 3.63) is 29.8 Å². The first-order valence-corrected chi connectivity index (χ1v) is 6.23. The van der Waals surface area contributed by atoms with Crippen molar-refractivity contribution in [2.24, 2.45) is 0 Å². The molecule has 0 aliphatic carbocycles. The van der Waals surface area contributed by atoms with Gasteiger partial charge < -0.3 is 15.1 Å². The molecule has 0 aliphatic heterocycles. The van der Waals surface area contributed by atoms with Gasteiger partial charge in [0.2, 0.25) is 5.91 Å². The molecule has 104 valence electrons. The Labute approximate surface area is 112 Å². The van der Waals surface area contributed by atoms with Gasteiger partial charge in [0.25, 0.3) is 0 Å². The molecule has 0 heterocycles. The summed E-state index contributed by atoms with van der Waals surface area (Å²) in [4.78, 5) is 24.3. The molecule has 0 aromatic heterocycles. The Kier molecular flexibility index (Phi) is 5.36. The van der Waals surface area contributed by atoms with Crippen LogP contribution in [0.3, 0.4) is 0 Å². The van der Waals surface area contributed by atoms with E-state index in [-0.39, 0.29) is 30.7 Å². The molecule has 19 heavy (non-hydrogen) atoms. The van der Waals surface area contributed by atoms with E-state index in [1.165, 1.54) is 17.0 Å². The Hall–Kier alpha value is -2.04. The molecule has 1 aromatic carbocycles. The first kappa shape index (κ1) is 15.0. The van der Waals surface area contributed by atoms with E-state index in [1.807, 2.05) is 13.8 Å². The van der Waals surface area contributed by atoms with Crippen LogP contribution in [-0.2, 0) is 16.0 Å². The van der Waals surface area contributed by atoms with Gasteiger partial charge in [0, 0.05) is 6.04 Å². The number of carboxylic acid groups (broad SMARTS) is 1.